The third kappa shape index (κ3) is 3.57. The highest BCUT2D eigenvalue weighted by Gasteiger charge is 2.43. The molecule has 0 amide bonds. The zero-order valence-electron chi connectivity index (χ0n) is 12.9. The van der Waals surface area contributed by atoms with Crippen molar-refractivity contribution in [2.24, 2.45) is 5.92 Å². The summed E-state index contributed by atoms with van der Waals surface area (Å²) in [5, 5.41) is 2.59. The molecule has 1 N–H and O–H groups in total. The quantitative estimate of drug-likeness (QED) is 0.774. The predicted octanol–water partition coefficient (Wildman–Crippen LogP) is 0.732. The number of carbonyl (C=O) groups is 1. The van der Waals surface area contributed by atoms with Crippen LogP contribution in [0.25, 0.3) is 0 Å². The van der Waals surface area contributed by atoms with Crippen LogP contribution in [0.5, 0.6) is 0 Å². The minimum absolute atomic E-state index is 0.381. The van der Waals surface area contributed by atoms with E-state index in [4.69, 9.17) is 4.74 Å². The average molecular weight is 318 g/mol. The number of nitrogens with zero attached hydrogens (tertiary/aromatic N) is 1. The summed E-state index contributed by atoms with van der Waals surface area (Å²) in [6.45, 7) is 1.08. The molecule has 7 heteroatoms. The second-order valence-electron chi connectivity index (χ2n) is 5.96. The smallest absolute Gasteiger partial charge is 0.310 e. The topological polar surface area (TPSA) is 75.7 Å². The first kappa shape index (κ1) is 16.7. The lowest BCUT2D eigenvalue weighted by atomic mass is 9.89. The van der Waals surface area contributed by atoms with Gasteiger partial charge < -0.3 is 10.1 Å². The lowest BCUT2D eigenvalue weighted by Gasteiger charge is -2.37. The normalized spacial score (nSPS) is 29.2. The van der Waals surface area contributed by atoms with E-state index in [-0.39, 0.29) is 5.97 Å². The average Bonchev–Trinajstić information content (AvgIpc) is 2.54. The highest BCUT2D eigenvalue weighted by Crippen LogP contribution is 2.33. The summed E-state index contributed by atoms with van der Waals surface area (Å²) in [4.78, 5) is 11.9. The van der Waals surface area contributed by atoms with Crippen LogP contribution in [0.3, 0.4) is 0 Å². The summed E-state index contributed by atoms with van der Waals surface area (Å²) in [5.74, 6) is -0.885. The number of hydrogen-bond donors (Lipinski definition) is 1. The predicted molar refractivity (Wildman–Crippen MR) is 80.3 cm³/mol. The number of sulfonamides is 1. The second-order valence-corrected chi connectivity index (χ2v) is 8.11. The maximum atomic E-state index is 12.9. The van der Waals surface area contributed by atoms with Crippen LogP contribution in [0.1, 0.15) is 38.5 Å². The summed E-state index contributed by atoms with van der Waals surface area (Å²) >= 11 is 0. The summed E-state index contributed by atoms with van der Waals surface area (Å²) < 4.78 is 32.1. The van der Waals surface area contributed by atoms with Crippen molar-refractivity contribution in [3.8, 4) is 0 Å². The van der Waals surface area contributed by atoms with Crippen LogP contribution in [-0.4, -0.2) is 57.2 Å². The van der Waals surface area contributed by atoms with Crippen molar-refractivity contribution in [2.75, 3.05) is 27.2 Å². The molecule has 122 valence electrons. The lowest BCUT2D eigenvalue weighted by molar-refractivity contribution is -0.146. The van der Waals surface area contributed by atoms with Crippen LogP contribution < -0.4 is 5.32 Å². The highest BCUT2D eigenvalue weighted by atomic mass is 32.2. The molecular weight excluding hydrogens is 292 g/mol. The van der Waals surface area contributed by atoms with Gasteiger partial charge in [0.25, 0.3) is 0 Å². The van der Waals surface area contributed by atoms with Crippen molar-refractivity contribution in [1.29, 1.82) is 0 Å². The molecule has 1 saturated carbocycles. The zero-order chi connectivity index (χ0) is 15.5. The molecule has 0 aromatic heterocycles. The van der Waals surface area contributed by atoms with E-state index in [2.05, 4.69) is 5.32 Å². The molecule has 2 fully saturated rings. The van der Waals surface area contributed by atoms with Crippen LogP contribution in [0.2, 0.25) is 0 Å². The van der Waals surface area contributed by atoms with E-state index in [0.29, 0.717) is 32.0 Å². The van der Waals surface area contributed by atoms with Crippen molar-refractivity contribution in [2.45, 2.75) is 49.8 Å². The van der Waals surface area contributed by atoms with E-state index >= 15 is 0 Å². The van der Waals surface area contributed by atoms with Crippen LogP contribution >= 0.6 is 0 Å². The minimum atomic E-state index is -3.42. The first-order valence-corrected chi connectivity index (χ1v) is 9.25. The molecule has 6 nitrogen and oxygen atoms in total. The summed E-state index contributed by atoms with van der Waals surface area (Å²) in [5.41, 5.74) is 0. The molecule has 2 aliphatic rings. The Morgan fingerprint density at radius 3 is 2.33 bits per heavy atom. The van der Waals surface area contributed by atoms with E-state index in [1.54, 1.807) is 4.31 Å². The molecule has 0 radical (unpaired) electrons. The Balaban J connectivity index is 2.11. The van der Waals surface area contributed by atoms with Crippen molar-refractivity contribution in [3.05, 3.63) is 0 Å². The summed E-state index contributed by atoms with van der Waals surface area (Å²) in [6.07, 6.45) is 4.59. The maximum Gasteiger partial charge on any atom is 0.310 e. The summed E-state index contributed by atoms with van der Waals surface area (Å²) in [6, 6.07) is 0.388. The molecular formula is C14H26N2O4S. The number of ether oxygens (including phenoxy) is 1. The van der Waals surface area contributed by atoms with Crippen LogP contribution in [0.15, 0.2) is 0 Å². The van der Waals surface area contributed by atoms with Gasteiger partial charge in [-0.05, 0) is 32.7 Å². The van der Waals surface area contributed by atoms with Gasteiger partial charge in [0.05, 0.1) is 18.3 Å². The molecule has 0 spiro atoms. The van der Waals surface area contributed by atoms with Gasteiger partial charge in [-0.15, -0.1) is 0 Å². The van der Waals surface area contributed by atoms with Crippen LogP contribution in [0, 0.1) is 5.92 Å². The molecule has 0 aromatic rings. The molecule has 1 heterocycles. The van der Waals surface area contributed by atoms with E-state index in [1.165, 1.54) is 7.11 Å². The van der Waals surface area contributed by atoms with Gasteiger partial charge in [0.2, 0.25) is 10.0 Å². The van der Waals surface area contributed by atoms with Gasteiger partial charge in [-0.3, -0.25) is 4.79 Å². The van der Waals surface area contributed by atoms with Gasteiger partial charge in [-0.25, -0.2) is 12.7 Å². The molecule has 2 atom stereocenters. The van der Waals surface area contributed by atoms with E-state index in [1.807, 2.05) is 7.05 Å². The standard InChI is InChI=1S/C14H26N2O4S/c1-15-11-7-9-16(10-8-11)21(18,19)13-6-4-3-5-12(13)14(17)20-2/h11-13,15H,3-10H2,1-2H3. The van der Waals surface area contributed by atoms with Gasteiger partial charge in [-0.2, -0.15) is 0 Å². The Morgan fingerprint density at radius 1 is 1.14 bits per heavy atom. The summed E-state index contributed by atoms with van der Waals surface area (Å²) in [7, 11) is -0.178. The fraction of sp³-hybridized carbons (Fsp3) is 0.929. The van der Waals surface area contributed by atoms with Gasteiger partial charge in [0, 0.05) is 19.1 Å². The Bertz CT molecular complexity index is 458. The van der Waals surface area contributed by atoms with Crippen LogP contribution in [0.4, 0.5) is 0 Å². The van der Waals surface area contributed by atoms with Gasteiger partial charge in [-0.1, -0.05) is 12.8 Å². The molecule has 21 heavy (non-hydrogen) atoms. The number of carbonyl (C=O) groups excluding carboxylic acids is 1. The Kier molecular flexibility index (Phi) is 5.62. The number of nitrogens with one attached hydrogen (secondary N) is 1. The van der Waals surface area contributed by atoms with Crippen molar-refractivity contribution in [1.82, 2.24) is 9.62 Å². The van der Waals surface area contributed by atoms with Crippen molar-refractivity contribution >= 4 is 16.0 Å². The molecule has 1 aliphatic heterocycles. The van der Waals surface area contributed by atoms with E-state index in [0.717, 1.165) is 25.7 Å². The van der Waals surface area contributed by atoms with E-state index in [9.17, 15) is 13.2 Å². The fourth-order valence-corrected chi connectivity index (χ4v) is 5.69. The molecule has 1 saturated heterocycles. The molecule has 1 aliphatic carbocycles. The number of hydrogen-bond acceptors (Lipinski definition) is 5. The molecule has 2 unspecified atom stereocenters. The van der Waals surface area contributed by atoms with Crippen molar-refractivity contribution < 1.29 is 17.9 Å². The Labute approximate surface area is 127 Å². The van der Waals surface area contributed by atoms with Gasteiger partial charge >= 0.3 is 5.97 Å². The number of rotatable bonds is 4. The monoisotopic (exact) mass is 318 g/mol. The maximum absolute atomic E-state index is 12.9. The number of methoxy groups -OCH3 is 1. The molecule has 0 aromatic carbocycles. The Hall–Kier alpha value is -0.660. The first-order valence-electron chi connectivity index (χ1n) is 7.74. The minimum Gasteiger partial charge on any atom is -0.469 e. The second kappa shape index (κ2) is 7.07. The molecule has 0 bridgehead atoms. The van der Waals surface area contributed by atoms with Gasteiger partial charge in [0.15, 0.2) is 0 Å². The highest BCUT2D eigenvalue weighted by molar-refractivity contribution is 7.89. The third-order valence-electron chi connectivity index (χ3n) is 4.81. The van der Waals surface area contributed by atoms with E-state index < -0.39 is 21.2 Å². The first-order chi connectivity index (χ1) is 10.0. The van der Waals surface area contributed by atoms with Crippen molar-refractivity contribution in [3.63, 3.8) is 0 Å². The molecule has 2 rings (SSSR count). The zero-order valence-corrected chi connectivity index (χ0v) is 13.7. The third-order valence-corrected chi connectivity index (χ3v) is 7.23. The Morgan fingerprint density at radius 2 is 1.76 bits per heavy atom. The number of esters is 1. The van der Waals surface area contributed by atoms with Gasteiger partial charge in [0.1, 0.15) is 0 Å². The fourth-order valence-electron chi connectivity index (χ4n) is 3.46. The number of piperidine rings is 1. The lowest BCUT2D eigenvalue weighted by Crippen LogP contribution is -2.50. The largest absolute Gasteiger partial charge is 0.469 e. The van der Waals surface area contributed by atoms with Crippen LogP contribution in [-0.2, 0) is 19.6 Å². The SMILES string of the molecule is CNC1CCN(S(=O)(=O)C2CCCCC2C(=O)OC)CC1.